The van der Waals surface area contributed by atoms with E-state index in [2.05, 4.69) is 33.0 Å². The van der Waals surface area contributed by atoms with Gasteiger partial charge in [-0.15, -0.1) is 0 Å². The molecular formula is C11H25NOS. The summed E-state index contributed by atoms with van der Waals surface area (Å²) in [6.07, 6.45) is 1.12. The molecule has 0 saturated carbocycles. The molecule has 1 atom stereocenters. The maximum absolute atomic E-state index is 9.30. The summed E-state index contributed by atoms with van der Waals surface area (Å²) in [4.78, 5) is 0. The van der Waals surface area contributed by atoms with Crippen LogP contribution >= 0.6 is 11.8 Å². The van der Waals surface area contributed by atoms with E-state index in [0.717, 1.165) is 24.6 Å². The highest BCUT2D eigenvalue weighted by atomic mass is 32.2. The number of hydrogen-bond acceptors (Lipinski definition) is 3. The average molecular weight is 219 g/mol. The van der Waals surface area contributed by atoms with Crippen LogP contribution in [-0.4, -0.2) is 35.3 Å². The van der Waals surface area contributed by atoms with Gasteiger partial charge in [0.05, 0.1) is 6.61 Å². The van der Waals surface area contributed by atoms with Crippen molar-refractivity contribution in [2.75, 3.05) is 24.7 Å². The molecule has 0 aromatic carbocycles. The van der Waals surface area contributed by atoms with Crippen molar-refractivity contribution >= 4 is 11.8 Å². The third-order valence-corrected chi connectivity index (χ3v) is 3.77. The van der Waals surface area contributed by atoms with Gasteiger partial charge in [-0.2, -0.15) is 11.8 Å². The summed E-state index contributed by atoms with van der Waals surface area (Å²) in [5.41, 5.74) is -0.102. The van der Waals surface area contributed by atoms with Crippen molar-refractivity contribution in [3.63, 3.8) is 0 Å². The van der Waals surface area contributed by atoms with Crippen molar-refractivity contribution < 1.29 is 5.11 Å². The van der Waals surface area contributed by atoms with Gasteiger partial charge in [-0.1, -0.05) is 20.8 Å². The Morgan fingerprint density at radius 3 is 2.50 bits per heavy atom. The van der Waals surface area contributed by atoms with Gasteiger partial charge in [0, 0.05) is 11.3 Å². The highest BCUT2D eigenvalue weighted by molar-refractivity contribution is 7.99. The van der Waals surface area contributed by atoms with Crippen LogP contribution in [0.2, 0.25) is 0 Å². The van der Waals surface area contributed by atoms with Crippen LogP contribution in [0.15, 0.2) is 0 Å². The van der Waals surface area contributed by atoms with Gasteiger partial charge in [0.2, 0.25) is 0 Å². The van der Waals surface area contributed by atoms with Crippen LogP contribution in [0.25, 0.3) is 0 Å². The van der Waals surface area contributed by atoms with E-state index >= 15 is 0 Å². The molecule has 0 radical (unpaired) electrons. The van der Waals surface area contributed by atoms with Crippen LogP contribution in [0, 0.1) is 5.92 Å². The Morgan fingerprint density at radius 1 is 1.43 bits per heavy atom. The second-order valence-corrected chi connectivity index (χ2v) is 5.58. The molecule has 0 aliphatic heterocycles. The molecule has 1 unspecified atom stereocenters. The zero-order chi connectivity index (χ0) is 11.0. The van der Waals surface area contributed by atoms with Crippen LogP contribution < -0.4 is 5.32 Å². The summed E-state index contributed by atoms with van der Waals surface area (Å²) in [6.45, 7) is 9.89. The number of aliphatic hydroxyl groups is 1. The van der Waals surface area contributed by atoms with Gasteiger partial charge < -0.3 is 10.4 Å². The smallest absolute Gasteiger partial charge is 0.0618 e. The lowest BCUT2D eigenvalue weighted by Gasteiger charge is -2.28. The largest absolute Gasteiger partial charge is 0.394 e. The van der Waals surface area contributed by atoms with E-state index in [1.54, 1.807) is 0 Å². The van der Waals surface area contributed by atoms with Crippen molar-refractivity contribution in [2.24, 2.45) is 5.92 Å². The quantitative estimate of drug-likeness (QED) is 0.656. The molecule has 86 valence electrons. The number of nitrogens with one attached hydrogen (secondary N) is 1. The lowest BCUT2D eigenvalue weighted by atomic mass is 10.1. The normalized spacial score (nSPS) is 15.9. The lowest BCUT2D eigenvalue weighted by molar-refractivity contribution is 0.192. The Hall–Kier alpha value is 0.270. The zero-order valence-corrected chi connectivity index (χ0v) is 10.8. The van der Waals surface area contributed by atoms with E-state index in [1.807, 2.05) is 11.8 Å². The summed E-state index contributed by atoms with van der Waals surface area (Å²) in [7, 11) is 0. The van der Waals surface area contributed by atoms with E-state index in [1.165, 1.54) is 5.75 Å². The van der Waals surface area contributed by atoms with Gasteiger partial charge in [0.25, 0.3) is 0 Å². The predicted octanol–water partition coefficient (Wildman–Crippen LogP) is 2.13. The fraction of sp³-hybridized carbons (Fsp3) is 1.00. The topological polar surface area (TPSA) is 32.3 Å². The molecule has 0 aliphatic carbocycles. The lowest BCUT2D eigenvalue weighted by Crippen LogP contribution is -2.48. The van der Waals surface area contributed by atoms with Gasteiger partial charge >= 0.3 is 0 Å². The van der Waals surface area contributed by atoms with Crippen molar-refractivity contribution in [1.82, 2.24) is 5.32 Å². The first kappa shape index (κ1) is 14.3. The standard InChI is InChI=1S/C11H25NOS/c1-5-6-12-11(4,8-13)9-14-7-10(2)3/h10,12-13H,5-9H2,1-4H3. The molecule has 0 fully saturated rings. The predicted molar refractivity (Wildman–Crippen MR) is 65.9 cm³/mol. The first-order valence-corrected chi connectivity index (χ1v) is 6.63. The van der Waals surface area contributed by atoms with Crippen molar-refractivity contribution in [2.45, 2.75) is 39.7 Å². The summed E-state index contributed by atoms with van der Waals surface area (Å²) in [6, 6.07) is 0. The van der Waals surface area contributed by atoms with Crippen molar-refractivity contribution in [3.05, 3.63) is 0 Å². The van der Waals surface area contributed by atoms with Crippen LogP contribution in [-0.2, 0) is 0 Å². The molecule has 0 rings (SSSR count). The molecule has 0 heterocycles. The number of thioether (sulfide) groups is 1. The molecule has 0 saturated heterocycles. The third-order valence-electron chi connectivity index (χ3n) is 2.02. The molecule has 2 nitrogen and oxygen atoms in total. The Bertz CT molecular complexity index is 141. The molecule has 0 spiro atoms. The first-order chi connectivity index (χ1) is 6.54. The van der Waals surface area contributed by atoms with Gasteiger partial charge in [-0.25, -0.2) is 0 Å². The van der Waals surface area contributed by atoms with E-state index in [4.69, 9.17) is 0 Å². The molecule has 0 aliphatic rings. The van der Waals surface area contributed by atoms with Crippen LogP contribution in [0.3, 0.4) is 0 Å². The van der Waals surface area contributed by atoms with Gasteiger partial charge in [-0.05, 0) is 31.6 Å². The second kappa shape index (κ2) is 7.55. The van der Waals surface area contributed by atoms with E-state index in [0.29, 0.717) is 0 Å². The molecule has 14 heavy (non-hydrogen) atoms. The minimum atomic E-state index is -0.102. The van der Waals surface area contributed by atoms with Crippen LogP contribution in [0.4, 0.5) is 0 Å². The van der Waals surface area contributed by atoms with Gasteiger partial charge in [0.1, 0.15) is 0 Å². The van der Waals surface area contributed by atoms with Crippen LogP contribution in [0.5, 0.6) is 0 Å². The summed E-state index contributed by atoms with van der Waals surface area (Å²) < 4.78 is 0. The molecule has 0 aromatic heterocycles. The minimum absolute atomic E-state index is 0.102. The highest BCUT2D eigenvalue weighted by Gasteiger charge is 2.21. The first-order valence-electron chi connectivity index (χ1n) is 5.47. The minimum Gasteiger partial charge on any atom is -0.394 e. The number of rotatable bonds is 8. The molecule has 0 amide bonds. The fourth-order valence-electron chi connectivity index (χ4n) is 1.10. The number of hydrogen-bond donors (Lipinski definition) is 2. The molecular weight excluding hydrogens is 194 g/mol. The maximum Gasteiger partial charge on any atom is 0.0618 e. The van der Waals surface area contributed by atoms with E-state index in [9.17, 15) is 5.11 Å². The number of aliphatic hydroxyl groups excluding tert-OH is 1. The molecule has 0 aromatic rings. The molecule has 3 heteroatoms. The third kappa shape index (κ3) is 6.68. The Morgan fingerprint density at radius 2 is 2.07 bits per heavy atom. The van der Waals surface area contributed by atoms with Crippen molar-refractivity contribution in [3.8, 4) is 0 Å². The highest BCUT2D eigenvalue weighted by Crippen LogP contribution is 2.15. The van der Waals surface area contributed by atoms with Gasteiger partial charge in [0.15, 0.2) is 0 Å². The summed E-state index contributed by atoms with van der Waals surface area (Å²) in [5.74, 6) is 2.89. The Kier molecular flexibility index (Phi) is 7.69. The van der Waals surface area contributed by atoms with E-state index in [-0.39, 0.29) is 12.1 Å². The molecule has 0 bridgehead atoms. The second-order valence-electron chi connectivity index (χ2n) is 4.55. The Balaban J connectivity index is 3.74. The Labute approximate surface area is 92.9 Å². The van der Waals surface area contributed by atoms with E-state index < -0.39 is 0 Å². The van der Waals surface area contributed by atoms with Crippen molar-refractivity contribution in [1.29, 1.82) is 0 Å². The SMILES string of the molecule is CCCNC(C)(CO)CSCC(C)C. The monoisotopic (exact) mass is 219 g/mol. The fourth-order valence-corrected chi connectivity index (χ4v) is 2.33. The maximum atomic E-state index is 9.30. The van der Waals surface area contributed by atoms with Gasteiger partial charge in [-0.3, -0.25) is 0 Å². The summed E-state index contributed by atoms with van der Waals surface area (Å²) in [5, 5.41) is 12.7. The zero-order valence-electron chi connectivity index (χ0n) is 9.97. The van der Waals surface area contributed by atoms with Crippen LogP contribution in [0.1, 0.15) is 34.1 Å². The molecule has 2 N–H and O–H groups in total. The summed E-state index contributed by atoms with van der Waals surface area (Å²) >= 11 is 1.92. The average Bonchev–Trinajstić information content (AvgIpc) is 2.14.